The zero-order chi connectivity index (χ0) is 16.6. The Kier molecular flexibility index (Phi) is 3.90. The van der Waals surface area contributed by atoms with Crippen molar-refractivity contribution in [2.24, 2.45) is 0 Å². The number of H-pyrrole nitrogens is 1. The second kappa shape index (κ2) is 5.87. The molecule has 1 aromatic carbocycles. The standard InChI is InChI=1S/C17H19N3O3/c1-10(2)11-3-5-12(6-4-11)16(21)20-8-14-13(18-9-19-14)7-15(20)17(22)23/h3-6,9-10,15H,7-8H2,1-2H3,(H,18,19)(H,22,23). The van der Waals surface area contributed by atoms with Crippen LogP contribution in [0, 0.1) is 0 Å². The first-order valence-electron chi connectivity index (χ1n) is 7.62. The number of hydrogen-bond acceptors (Lipinski definition) is 3. The number of carboxylic acids is 1. The summed E-state index contributed by atoms with van der Waals surface area (Å²) < 4.78 is 0. The zero-order valence-corrected chi connectivity index (χ0v) is 13.1. The fraction of sp³-hybridized carbons (Fsp3) is 0.353. The lowest BCUT2D eigenvalue weighted by molar-refractivity contribution is -0.142. The summed E-state index contributed by atoms with van der Waals surface area (Å²) in [6, 6.07) is 6.47. The van der Waals surface area contributed by atoms with Crippen LogP contribution in [0.25, 0.3) is 0 Å². The summed E-state index contributed by atoms with van der Waals surface area (Å²) >= 11 is 0. The van der Waals surface area contributed by atoms with E-state index in [0.29, 0.717) is 11.5 Å². The van der Waals surface area contributed by atoms with Gasteiger partial charge < -0.3 is 15.0 Å². The van der Waals surface area contributed by atoms with Crippen LogP contribution in [-0.4, -0.2) is 37.9 Å². The molecule has 1 atom stereocenters. The lowest BCUT2D eigenvalue weighted by Gasteiger charge is -2.32. The van der Waals surface area contributed by atoms with E-state index in [1.807, 2.05) is 12.1 Å². The molecule has 0 saturated heterocycles. The minimum atomic E-state index is -1.01. The Morgan fingerprint density at radius 1 is 1.30 bits per heavy atom. The Labute approximate surface area is 134 Å². The Morgan fingerprint density at radius 3 is 2.61 bits per heavy atom. The highest BCUT2D eigenvalue weighted by atomic mass is 16.4. The third-order valence-electron chi connectivity index (χ3n) is 4.27. The number of carbonyl (C=O) groups excluding carboxylic acids is 1. The van der Waals surface area contributed by atoms with E-state index in [1.54, 1.807) is 12.1 Å². The molecule has 23 heavy (non-hydrogen) atoms. The summed E-state index contributed by atoms with van der Waals surface area (Å²) in [6.45, 7) is 4.40. The molecule has 1 amide bonds. The van der Waals surface area contributed by atoms with E-state index in [9.17, 15) is 14.7 Å². The number of imidazole rings is 1. The molecule has 1 aliphatic heterocycles. The molecule has 0 saturated carbocycles. The van der Waals surface area contributed by atoms with Crippen LogP contribution in [0.2, 0.25) is 0 Å². The lowest BCUT2D eigenvalue weighted by atomic mass is 9.99. The molecule has 120 valence electrons. The smallest absolute Gasteiger partial charge is 0.326 e. The number of aliphatic carboxylic acids is 1. The largest absolute Gasteiger partial charge is 0.480 e. The highest BCUT2D eigenvalue weighted by Gasteiger charge is 2.36. The summed E-state index contributed by atoms with van der Waals surface area (Å²) in [5.41, 5.74) is 3.17. The second-order valence-corrected chi connectivity index (χ2v) is 6.10. The number of aromatic amines is 1. The number of benzene rings is 1. The predicted octanol–water partition coefficient (Wildman–Crippen LogP) is 2.18. The first-order valence-corrected chi connectivity index (χ1v) is 7.62. The molecule has 2 heterocycles. The van der Waals surface area contributed by atoms with Crippen molar-refractivity contribution in [3.05, 3.63) is 53.1 Å². The number of amides is 1. The van der Waals surface area contributed by atoms with Crippen LogP contribution >= 0.6 is 0 Å². The maximum Gasteiger partial charge on any atom is 0.326 e. The highest BCUT2D eigenvalue weighted by molar-refractivity contribution is 5.97. The summed E-state index contributed by atoms with van der Waals surface area (Å²) in [4.78, 5) is 32.8. The third-order valence-corrected chi connectivity index (χ3v) is 4.27. The van der Waals surface area contributed by atoms with Crippen molar-refractivity contribution >= 4 is 11.9 Å². The van der Waals surface area contributed by atoms with Gasteiger partial charge in [-0.2, -0.15) is 0 Å². The number of rotatable bonds is 3. The first kappa shape index (κ1) is 15.3. The molecule has 0 spiro atoms. The van der Waals surface area contributed by atoms with Crippen molar-refractivity contribution in [2.45, 2.75) is 38.8 Å². The van der Waals surface area contributed by atoms with Crippen LogP contribution in [0.1, 0.15) is 47.1 Å². The van der Waals surface area contributed by atoms with Gasteiger partial charge in [-0.1, -0.05) is 26.0 Å². The quantitative estimate of drug-likeness (QED) is 0.909. The monoisotopic (exact) mass is 313 g/mol. The van der Waals surface area contributed by atoms with Crippen LogP contribution < -0.4 is 0 Å². The minimum Gasteiger partial charge on any atom is -0.480 e. The number of fused-ring (bicyclic) bond motifs is 1. The van der Waals surface area contributed by atoms with Crippen LogP contribution in [0.3, 0.4) is 0 Å². The molecule has 0 radical (unpaired) electrons. The van der Waals surface area contributed by atoms with Crippen LogP contribution in [-0.2, 0) is 17.8 Å². The van der Waals surface area contributed by atoms with Gasteiger partial charge in [-0.25, -0.2) is 9.78 Å². The lowest BCUT2D eigenvalue weighted by Crippen LogP contribution is -2.48. The second-order valence-electron chi connectivity index (χ2n) is 6.10. The normalized spacial score (nSPS) is 17.2. The Bertz CT molecular complexity index is 734. The van der Waals surface area contributed by atoms with Gasteiger partial charge in [0.05, 0.1) is 24.3 Å². The summed E-state index contributed by atoms with van der Waals surface area (Å²) in [7, 11) is 0. The molecule has 6 heteroatoms. The van der Waals surface area contributed by atoms with Crippen LogP contribution in [0.15, 0.2) is 30.6 Å². The Morgan fingerprint density at radius 2 is 2.00 bits per heavy atom. The van der Waals surface area contributed by atoms with Crippen molar-refractivity contribution in [2.75, 3.05) is 0 Å². The molecule has 0 bridgehead atoms. The van der Waals surface area contributed by atoms with E-state index in [4.69, 9.17) is 0 Å². The molecular weight excluding hydrogens is 294 g/mol. The van der Waals surface area contributed by atoms with Gasteiger partial charge in [-0.15, -0.1) is 0 Å². The molecule has 0 aliphatic carbocycles. The van der Waals surface area contributed by atoms with Gasteiger partial charge in [0.1, 0.15) is 6.04 Å². The zero-order valence-electron chi connectivity index (χ0n) is 13.1. The minimum absolute atomic E-state index is 0.226. The van der Waals surface area contributed by atoms with Gasteiger partial charge in [0.25, 0.3) is 5.91 Å². The molecular formula is C17H19N3O3. The number of nitrogens with one attached hydrogen (secondary N) is 1. The number of aromatic nitrogens is 2. The van der Waals surface area contributed by atoms with E-state index in [0.717, 1.165) is 17.0 Å². The number of nitrogens with zero attached hydrogens (tertiary/aromatic N) is 2. The topological polar surface area (TPSA) is 86.3 Å². The van der Waals surface area contributed by atoms with E-state index >= 15 is 0 Å². The van der Waals surface area contributed by atoms with Gasteiger partial charge in [-0.05, 0) is 23.6 Å². The third kappa shape index (κ3) is 2.84. The van der Waals surface area contributed by atoms with Crippen molar-refractivity contribution in [1.29, 1.82) is 0 Å². The fourth-order valence-electron chi connectivity index (χ4n) is 2.85. The maximum absolute atomic E-state index is 12.8. The van der Waals surface area contributed by atoms with Gasteiger partial charge >= 0.3 is 5.97 Å². The van der Waals surface area contributed by atoms with Crippen molar-refractivity contribution in [3.8, 4) is 0 Å². The van der Waals surface area contributed by atoms with Gasteiger partial charge in [0.2, 0.25) is 0 Å². The van der Waals surface area contributed by atoms with Crippen LogP contribution in [0.4, 0.5) is 0 Å². The average molecular weight is 313 g/mol. The maximum atomic E-state index is 12.8. The molecule has 6 nitrogen and oxygen atoms in total. The number of hydrogen-bond donors (Lipinski definition) is 2. The van der Waals surface area contributed by atoms with E-state index < -0.39 is 12.0 Å². The van der Waals surface area contributed by atoms with Crippen LogP contribution in [0.5, 0.6) is 0 Å². The van der Waals surface area contributed by atoms with Crippen molar-refractivity contribution < 1.29 is 14.7 Å². The highest BCUT2D eigenvalue weighted by Crippen LogP contribution is 2.23. The SMILES string of the molecule is CC(C)c1ccc(C(=O)N2Cc3[nH]cnc3CC2C(=O)O)cc1. The molecule has 1 aliphatic rings. The predicted molar refractivity (Wildman–Crippen MR) is 84.1 cm³/mol. The van der Waals surface area contributed by atoms with Gasteiger partial charge in [0, 0.05) is 12.0 Å². The average Bonchev–Trinajstić information content (AvgIpc) is 3.00. The molecule has 2 aromatic rings. The Balaban J connectivity index is 1.89. The number of carbonyl (C=O) groups is 2. The van der Waals surface area contributed by atoms with Gasteiger partial charge in [-0.3, -0.25) is 4.79 Å². The molecule has 0 fully saturated rings. The molecule has 1 unspecified atom stereocenters. The van der Waals surface area contributed by atoms with E-state index in [2.05, 4.69) is 23.8 Å². The molecule has 2 N–H and O–H groups in total. The van der Waals surface area contributed by atoms with Crippen molar-refractivity contribution in [3.63, 3.8) is 0 Å². The fourth-order valence-corrected chi connectivity index (χ4v) is 2.85. The van der Waals surface area contributed by atoms with E-state index in [-0.39, 0.29) is 18.9 Å². The van der Waals surface area contributed by atoms with E-state index in [1.165, 1.54) is 11.2 Å². The van der Waals surface area contributed by atoms with Gasteiger partial charge in [0.15, 0.2) is 0 Å². The summed E-state index contributed by atoms with van der Waals surface area (Å²) in [5.74, 6) is -0.896. The number of carboxylic acid groups (broad SMARTS) is 1. The summed E-state index contributed by atoms with van der Waals surface area (Å²) in [5, 5.41) is 9.45. The van der Waals surface area contributed by atoms with Crippen molar-refractivity contribution in [1.82, 2.24) is 14.9 Å². The summed E-state index contributed by atoms with van der Waals surface area (Å²) in [6.07, 6.45) is 1.76. The molecule has 3 rings (SSSR count). The molecule has 1 aromatic heterocycles. The Hall–Kier alpha value is -2.63. The first-order chi connectivity index (χ1) is 11.0.